The maximum Gasteiger partial charge on any atom is 0.315 e. The highest BCUT2D eigenvalue weighted by Crippen LogP contribution is 2.15. The smallest absolute Gasteiger partial charge is 0.315 e. The molecule has 0 saturated carbocycles. The Morgan fingerprint density at radius 3 is 2.29 bits per heavy atom. The minimum Gasteiger partial charge on any atom is -0.338 e. The summed E-state index contributed by atoms with van der Waals surface area (Å²) in [6.45, 7) is 9.64. The van der Waals surface area contributed by atoms with Gasteiger partial charge in [0.2, 0.25) is 10.0 Å². The Morgan fingerprint density at radius 1 is 1.24 bits per heavy atom. The van der Waals surface area contributed by atoms with Crippen molar-refractivity contribution in [2.45, 2.75) is 53.0 Å². The first kappa shape index (κ1) is 18.2. The van der Waals surface area contributed by atoms with E-state index in [0.717, 1.165) is 0 Å². The molecule has 1 heterocycles. The molecule has 1 aliphatic heterocycles. The fraction of sp³-hybridized carbons (Fsp3) is 0.929. The number of piperidine rings is 1. The van der Waals surface area contributed by atoms with Crippen molar-refractivity contribution >= 4 is 16.1 Å². The summed E-state index contributed by atoms with van der Waals surface area (Å²) in [5.74, 6) is 0.206. The van der Waals surface area contributed by atoms with Crippen LogP contribution in [0.4, 0.5) is 4.79 Å². The molecule has 1 fully saturated rings. The zero-order valence-electron chi connectivity index (χ0n) is 13.6. The van der Waals surface area contributed by atoms with E-state index in [4.69, 9.17) is 0 Å². The monoisotopic (exact) mass is 319 g/mol. The maximum atomic E-state index is 12.0. The number of hydrogen-bond donors (Lipinski definition) is 2. The van der Waals surface area contributed by atoms with Crippen molar-refractivity contribution in [2.24, 2.45) is 5.41 Å². The molecule has 1 aliphatic rings. The number of amides is 2. The minimum absolute atomic E-state index is 0.0505. The minimum atomic E-state index is -3.11. The highest BCUT2D eigenvalue weighted by Gasteiger charge is 2.28. The lowest BCUT2D eigenvalue weighted by Gasteiger charge is -2.31. The number of urea groups is 1. The first-order valence-corrected chi connectivity index (χ1v) is 9.27. The number of nitrogens with zero attached hydrogens (tertiary/aromatic N) is 1. The summed E-state index contributed by atoms with van der Waals surface area (Å²) >= 11 is 0. The van der Waals surface area contributed by atoms with Crippen molar-refractivity contribution in [1.82, 2.24) is 14.9 Å². The molecule has 2 amide bonds. The Labute approximate surface area is 128 Å². The third-order valence-electron chi connectivity index (χ3n) is 3.42. The molecule has 7 heteroatoms. The van der Waals surface area contributed by atoms with Crippen LogP contribution in [0.15, 0.2) is 0 Å². The van der Waals surface area contributed by atoms with Crippen LogP contribution in [0.5, 0.6) is 0 Å². The van der Waals surface area contributed by atoms with Crippen molar-refractivity contribution in [2.75, 3.05) is 25.4 Å². The summed E-state index contributed by atoms with van der Waals surface area (Å²) in [5.41, 5.74) is 0.0505. The van der Waals surface area contributed by atoms with Crippen LogP contribution in [-0.4, -0.2) is 50.2 Å². The van der Waals surface area contributed by atoms with Crippen molar-refractivity contribution in [3.8, 4) is 0 Å². The van der Waals surface area contributed by atoms with Crippen LogP contribution in [-0.2, 0) is 10.0 Å². The molecule has 0 aliphatic carbocycles. The molecule has 0 aromatic carbocycles. The number of nitrogens with one attached hydrogen (secondary N) is 2. The zero-order chi connectivity index (χ0) is 16.1. The second-order valence-corrected chi connectivity index (χ2v) is 8.97. The lowest BCUT2D eigenvalue weighted by Crippen LogP contribution is -2.50. The van der Waals surface area contributed by atoms with E-state index in [2.05, 4.69) is 31.4 Å². The predicted molar refractivity (Wildman–Crippen MR) is 84.7 cm³/mol. The first-order chi connectivity index (χ1) is 9.64. The molecule has 0 bridgehead atoms. The van der Waals surface area contributed by atoms with Crippen LogP contribution in [0.2, 0.25) is 0 Å². The second kappa shape index (κ2) is 7.45. The Hall–Kier alpha value is -0.820. The molecule has 6 nitrogen and oxygen atoms in total. The lowest BCUT2D eigenvalue weighted by molar-refractivity contribution is 0.223. The fourth-order valence-corrected chi connectivity index (χ4v) is 3.79. The molecule has 0 aromatic heterocycles. The summed E-state index contributed by atoms with van der Waals surface area (Å²) in [6.07, 6.45) is 1.98. The van der Waals surface area contributed by atoms with Crippen LogP contribution in [0.25, 0.3) is 0 Å². The third kappa shape index (κ3) is 6.65. The Kier molecular flexibility index (Phi) is 6.46. The first-order valence-electron chi connectivity index (χ1n) is 7.66. The second-order valence-electron chi connectivity index (χ2n) is 6.88. The largest absolute Gasteiger partial charge is 0.338 e. The van der Waals surface area contributed by atoms with Gasteiger partial charge in [-0.3, -0.25) is 0 Å². The van der Waals surface area contributed by atoms with Gasteiger partial charge >= 0.3 is 6.03 Å². The average molecular weight is 319 g/mol. The van der Waals surface area contributed by atoms with E-state index in [1.807, 2.05) is 6.92 Å². The maximum absolute atomic E-state index is 12.0. The van der Waals surface area contributed by atoms with Gasteiger partial charge in [0.15, 0.2) is 0 Å². The van der Waals surface area contributed by atoms with Crippen LogP contribution in [0.3, 0.4) is 0 Å². The molecule has 2 N–H and O–H groups in total. The zero-order valence-corrected chi connectivity index (χ0v) is 14.4. The molecule has 0 radical (unpaired) electrons. The molecule has 21 heavy (non-hydrogen) atoms. The van der Waals surface area contributed by atoms with Gasteiger partial charge in [0, 0.05) is 25.7 Å². The van der Waals surface area contributed by atoms with Crippen LogP contribution < -0.4 is 10.6 Å². The van der Waals surface area contributed by atoms with E-state index < -0.39 is 10.0 Å². The van der Waals surface area contributed by atoms with E-state index in [1.54, 1.807) is 4.31 Å². The Morgan fingerprint density at radius 2 is 1.81 bits per heavy atom. The number of sulfonamides is 1. The highest BCUT2D eigenvalue weighted by molar-refractivity contribution is 7.89. The topological polar surface area (TPSA) is 78.5 Å². The molecule has 0 unspecified atom stereocenters. The summed E-state index contributed by atoms with van der Waals surface area (Å²) in [6, 6.07) is -0.113. The van der Waals surface area contributed by atoms with Crippen molar-refractivity contribution in [3.05, 3.63) is 0 Å². The standard InChI is InChI=1S/C14H29N3O3S/c1-5-10-21(19,20)17-8-6-12(7-9-17)16-13(18)15-11-14(2,3)4/h12H,5-11H2,1-4H3,(H2,15,16,18). The van der Waals surface area contributed by atoms with Crippen LogP contribution in [0, 0.1) is 5.41 Å². The molecule has 1 saturated heterocycles. The van der Waals surface area contributed by atoms with Gasteiger partial charge in [-0.25, -0.2) is 17.5 Å². The van der Waals surface area contributed by atoms with E-state index in [0.29, 0.717) is 38.9 Å². The summed E-state index contributed by atoms with van der Waals surface area (Å²) < 4.78 is 25.5. The van der Waals surface area contributed by atoms with E-state index in [1.165, 1.54) is 0 Å². The van der Waals surface area contributed by atoms with Gasteiger partial charge in [-0.2, -0.15) is 0 Å². The quantitative estimate of drug-likeness (QED) is 0.807. The number of carbonyl (C=O) groups excluding carboxylic acids is 1. The van der Waals surface area contributed by atoms with E-state index in [9.17, 15) is 13.2 Å². The summed E-state index contributed by atoms with van der Waals surface area (Å²) in [7, 11) is -3.11. The molecule has 0 atom stereocenters. The van der Waals surface area contributed by atoms with E-state index in [-0.39, 0.29) is 23.2 Å². The lowest BCUT2D eigenvalue weighted by atomic mass is 9.97. The average Bonchev–Trinajstić information content (AvgIpc) is 2.36. The van der Waals surface area contributed by atoms with Gasteiger partial charge < -0.3 is 10.6 Å². The van der Waals surface area contributed by atoms with Gasteiger partial charge in [0.1, 0.15) is 0 Å². The number of rotatable bonds is 5. The van der Waals surface area contributed by atoms with Gasteiger partial charge in [0.05, 0.1) is 5.75 Å². The van der Waals surface area contributed by atoms with Crippen LogP contribution >= 0.6 is 0 Å². The predicted octanol–water partition coefficient (Wildman–Crippen LogP) is 1.54. The number of hydrogen-bond acceptors (Lipinski definition) is 3. The summed E-state index contributed by atoms with van der Waals surface area (Å²) in [5, 5.41) is 5.77. The van der Waals surface area contributed by atoms with E-state index >= 15 is 0 Å². The molecule has 1 rings (SSSR count). The third-order valence-corrected chi connectivity index (χ3v) is 5.50. The van der Waals surface area contributed by atoms with Crippen molar-refractivity contribution < 1.29 is 13.2 Å². The van der Waals surface area contributed by atoms with Crippen LogP contribution in [0.1, 0.15) is 47.0 Å². The highest BCUT2D eigenvalue weighted by atomic mass is 32.2. The van der Waals surface area contributed by atoms with Gasteiger partial charge in [-0.15, -0.1) is 0 Å². The normalized spacial score (nSPS) is 18.5. The van der Waals surface area contributed by atoms with Gasteiger partial charge in [0.25, 0.3) is 0 Å². The summed E-state index contributed by atoms with van der Waals surface area (Å²) in [4.78, 5) is 11.8. The molecule has 0 aromatic rings. The molecule has 0 spiro atoms. The Balaban J connectivity index is 2.35. The Bertz CT molecular complexity index is 435. The van der Waals surface area contributed by atoms with Crippen molar-refractivity contribution in [3.63, 3.8) is 0 Å². The fourth-order valence-electron chi connectivity index (χ4n) is 2.25. The van der Waals surface area contributed by atoms with Gasteiger partial charge in [-0.05, 0) is 24.7 Å². The molecular weight excluding hydrogens is 290 g/mol. The van der Waals surface area contributed by atoms with Gasteiger partial charge in [-0.1, -0.05) is 27.7 Å². The molecular formula is C14H29N3O3S. The number of carbonyl (C=O) groups is 1. The SMILES string of the molecule is CCCS(=O)(=O)N1CCC(NC(=O)NCC(C)(C)C)CC1. The van der Waals surface area contributed by atoms with Crippen molar-refractivity contribution in [1.29, 1.82) is 0 Å². The molecule has 124 valence electrons.